The Morgan fingerprint density at radius 1 is 1.45 bits per heavy atom. The van der Waals surface area contributed by atoms with E-state index < -0.39 is 0 Å². The summed E-state index contributed by atoms with van der Waals surface area (Å²) in [7, 11) is 0. The van der Waals surface area contributed by atoms with Gasteiger partial charge in [-0.3, -0.25) is 0 Å². The minimum atomic E-state index is 0.432. The molecule has 1 aromatic rings. The van der Waals surface area contributed by atoms with E-state index in [-0.39, 0.29) is 0 Å². The van der Waals surface area contributed by atoms with Crippen molar-refractivity contribution in [2.45, 2.75) is 6.42 Å². The van der Waals surface area contributed by atoms with Crippen LogP contribution in [0.4, 0.5) is 5.69 Å². The van der Waals surface area contributed by atoms with Crippen LogP contribution >= 0.6 is 22.6 Å². The molecular formula is C8H7IN2. The van der Waals surface area contributed by atoms with E-state index in [1.165, 1.54) is 0 Å². The SMILES string of the molecule is N#CCc1cc(N)cc(I)c1. The van der Waals surface area contributed by atoms with Gasteiger partial charge in [-0.05, 0) is 46.4 Å². The van der Waals surface area contributed by atoms with E-state index in [2.05, 4.69) is 28.7 Å². The maximum Gasteiger partial charge on any atom is 0.0669 e. The summed E-state index contributed by atoms with van der Waals surface area (Å²) in [6.07, 6.45) is 0.432. The molecule has 0 fully saturated rings. The Morgan fingerprint density at radius 2 is 2.18 bits per heavy atom. The van der Waals surface area contributed by atoms with E-state index in [0.717, 1.165) is 14.8 Å². The molecule has 0 aliphatic carbocycles. The van der Waals surface area contributed by atoms with Crippen molar-refractivity contribution in [1.29, 1.82) is 5.26 Å². The van der Waals surface area contributed by atoms with E-state index in [1.807, 2.05) is 18.2 Å². The topological polar surface area (TPSA) is 49.8 Å². The van der Waals surface area contributed by atoms with Crippen molar-refractivity contribution >= 4 is 28.3 Å². The summed E-state index contributed by atoms with van der Waals surface area (Å²) in [5.41, 5.74) is 7.28. The Morgan fingerprint density at radius 3 is 2.73 bits per heavy atom. The van der Waals surface area contributed by atoms with Crippen LogP contribution < -0.4 is 5.73 Å². The predicted octanol–water partition coefficient (Wildman–Crippen LogP) is 1.94. The fourth-order valence-corrected chi connectivity index (χ4v) is 1.63. The van der Waals surface area contributed by atoms with E-state index in [9.17, 15) is 0 Å². The predicted molar refractivity (Wildman–Crippen MR) is 52.9 cm³/mol. The molecular weight excluding hydrogens is 251 g/mol. The lowest BCUT2D eigenvalue weighted by Crippen LogP contribution is -1.89. The number of hydrogen-bond donors (Lipinski definition) is 1. The first-order valence-electron chi connectivity index (χ1n) is 3.14. The lowest BCUT2D eigenvalue weighted by molar-refractivity contribution is 1.26. The van der Waals surface area contributed by atoms with Crippen LogP contribution in [-0.4, -0.2) is 0 Å². The van der Waals surface area contributed by atoms with Crippen LogP contribution in [0.1, 0.15) is 5.56 Å². The minimum Gasteiger partial charge on any atom is -0.399 e. The third kappa shape index (κ3) is 2.39. The molecule has 2 N–H and O–H groups in total. The van der Waals surface area contributed by atoms with Crippen molar-refractivity contribution in [3.05, 3.63) is 27.3 Å². The van der Waals surface area contributed by atoms with Gasteiger partial charge in [0, 0.05) is 9.26 Å². The summed E-state index contributed by atoms with van der Waals surface area (Å²) in [5.74, 6) is 0. The smallest absolute Gasteiger partial charge is 0.0669 e. The van der Waals surface area contributed by atoms with Crippen LogP contribution in [-0.2, 0) is 6.42 Å². The third-order valence-corrected chi connectivity index (χ3v) is 1.89. The molecule has 1 rings (SSSR count). The molecule has 0 heterocycles. The van der Waals surface area contributed by atoms with Gasteiger partial charge in [-0.2, -0.15) is 5.26 Å². The highest BCUT2D eigenvalue weighted by atomic mass is 127. The zero-order valence-electron chi connectivity index (χ0n) is 5.84. The highest BCUT2D eigenvalue weighted by molar-refractivity contribution is 14.1. The number of nitriles is 1. The van der Waals surface area contributed by atoms with Crippen LogP contribution in [0.15, 0.2) is 18.2 Å². The molecule has 0 saturated carbocycles. The second-order valence-electron chi connectivity index (χ2n) is 2.23. The summed E-state index contributed by atoms with van der Waals surface area (Å²) < 4.78 is 1.08. The van der Waals surface area contributed by atoms with E-state index >= 15 is 0 Å². The molecule has 0 spiro atoms. The zero-order chi connectivity index (χ0) is 8.27. The zero-order valence-corrected chi connectivity index (χ0v) is 8.00. The van der Waals surface area contributed by atoms with Crippen molar-refractivity contribution in [2.75, 3.05) is 5.73 Å². The maximum atomic E-state index is 8.41. The number of hydrogen-bond acceptors (Lipinski definition) is 2. The largest absolute Gasteiger partial charge is 0.399 e. The Balaban J connectivity index is 3.01. The Bertz CT molecular complexity index is 281. The number of anilines is 1. The summed E-state index contributed by atoms with van der Waals surface area (Å²) >= 11 is 2.18. The van der Waals surface area contributed by atoms with Gasteiger partial charge >= 0.3 is 0 Å². The minimum absolute atomic E-state index is 0.432. The van der Waals surface area contributed by atoms with Gasteiger partial charge in [0.05, 0.1) is 12.5 Å². The van der Waals surface area contributed by atoms with Gasteiger partial charge in [0.1, 0.15) is 0 Å². The van der Waals surface area contributed by atoms with Gasteiger partial charge in [0.25, 0.3) is 0 Å². The molecule has 0 aliphatic heterocycles. The Hall–Kier alpha value is -0.760. The average Bonchev–Trinajstić information content (AvgIpc) is 1.85. The first kappa shape index (κ1) is 8.34. The maximum absolute atomic E-state index is 8.41. The van der Waals surface area contributed by atoms with Crippen LogP contribution in [0.2, 0.25) is 0 Å². The Labute approximate surface area is 79.2 Å². The lowest BCUT2D eigenvalue weighted by Gasteiger charge is -1.98. The fourth-order valence-electron chi connectivity index (χ4n) is 0.869. The van der Waals surface area contributed by atoms with Crippen LogP contribution in [0.25, 0.3) is 0 Å². The first-order chi connectivity index (χ1) is 5.22. The van der Waals surface area contributed by atoms with Crippen molar-refractivity contribution in [1.82, 2.24) is 0 Å². The number of nitrogens with zero attached hydrogens (tertiary/aromatic N) is 1. The van der Waals surface area contributed by atoms with Crippen molar-refractivity contribution < 1.29 is 0 Å². The van der Waals surface area contributed by atoms with Gasteiger partial charge in [-0.1, -0.05) is 0 Å². The molecule has 0 aromatic heterocycles. The number of rotatable bonds is 1. The van der Waals surface area contributed by atoms with Gasteiger partial charge in [0.15, 0.2) is 0 Å². The molecule has 56 valence electrons. The van der Waals surface area contributed by atoms with Gasteiger partial charge in [-0.25, -0.2) is 0 Å². The Kier molecular flexibility index (Phi) is 2.71. The number of halogens is 1. The second-order valence-corrected chi connectivity index (χ2v) is 3.47. The summed E-state index contributed by atoms with van der Waals surface area (Å²) in [4.78, 5) is 0. The number of benzene rings is 1. The molecule has 0 aliphatic rings. The molecule has 11 heavy (non-hydrogen) atoms. The molecule has 0 saturated heterocycles. The average molecular weight is 258 g/mol. The molecule has 0 amide bonds. The normalized spacial score (nSPS) is 9.09. The fraction of sp³-hybridized carbons (Fsp3) is 0.125. The molecule has 0 atom stereocenters. The molecule has 1 aromatic carbocycles. The van der Waals surface area contributed by atoms with Crippen molar-refractivity contribution in [3.8, 4) is 6.07 Å². The number of nitrogens with two attached hydrogens (primary N) is 1. The molecule has 0 unspecified atom stereocenters. The monoisotopic (exact) mass is 258 g/mol. The van der Waals surface area contributed by atoms with Crippen molar-refractivity contribution in [3.63, 3.8) is 0 Å². The highest BCUT2D eigenvalue weighted by Crippen LogP contribution is 2.13. The second kappa shape index (κ2) is 3.58. The quantitative estimate of drug-likeness (QED) is 0.618. The van der Waals surface area contributed by atoms with Gasteiger partial charge in [-0.15, -0.1) is 0 Å². The number of nitrogen functional groups attached to an aromatic ring is 1. The van der Waals surface area contributed by atoms with Crippen molar-refractivity contribution in [2.24, 2.45) is 0 Å². The van der Waals surface area contributed by atoms with Crippen LogP contribution in [0.5, 0.6) is 0 Å². The van der Waals surface area contributed by atoms with Gasteiger partial charge in [0.2, 0.25) is 0 Å². The summed E-state index contributed by atoms with van der Waals surface area (Å²) in [6.45, 7) is 0. The van der Waals surface area contributed by atoms with E-state index in [4.69, 9.17) is 11.0 Å². The lowest BCUT2D eigenvalue weighted by atomic mass is 10.1. The van der Waals surface area contributed by atoms with Crippen LogP contribution in [0.3, 0.4) is 0 Å². The highest BCUT2D eigenvalue weighted by Gasteiger charge is 1.95. The molecule has 2 nitrogen and oxygen atoms in total. The molecule has 3 heteroatoms. The van der Waals surface area contributed by atoms with E-state index in [0.29, 0.717) is 6.42 Å². The van der Waals surface area contributed by atoms with Gasteiger partial charge < -0.3 is 5.73 Å². The molecule has 0 radical (unpaired) electrons. The first-order valence-corrected chi connectivity index (χ1v) is 4.22. The summed E-state index contributed by atoms with van der Waals surface area (Å²) in [5, 5.41) is 8.41. The third-order valence-electron chi connectivity index (χ3n) is 1.26. The standard InChI is InChI=1S/C8H7IN2/c9-7-3-6(1-2-10)4-8(11)5-7/h3-5H,1,11H2. The van der Waals surface area contributed by atoms with E-state index in [1.54, 1.807) is 0 Å². The molecule has 0 bridgehead atoms. The summed E-state index contributed by atoms with van der Waals surface area (Å²) in [6, 6.07) is 7.74. The van der Waals surface area contributed by atoms with Crippen LogP contribution in [0, 0.1) is 14.9 Å².